The van der Waals surface area contributed by atoms with Crippen molar-refractivity contribution in [1.82, 2.24) is 4.98 Å². The van der Waals surface area contributed by atoms with Gasteiger partial charge in [0.2, 0.25) is 12.7 Å². The maximum atomic E-state index is 5.88. The van der Waals surface area contributed by atoms with Crippen LogP contribution in [0, 0.1) is 6.92 Å². The van der Waals surface area contributed by atoms with E-state index in [0.717, 1.165) is 45.0 Å². The second-order valence-electron chi connectivity index (χ2n) is 6.41. The quantitative estimate of drug-likeness (QED) is 0.469. The Morgan fingerprint density at radius 2 is 1.89 bits per heavy atom. The monoisotopic (exact) mass is 356 g/mol. The summed E-state index contributed by atoms with van der Waals surface area (Å²) in [6.45, 7) is 2.31. The van der Waals surface area contributed by atoms with Crippen molar-refractivity contribution in [2.45, 2.75) is 6.92 Å². The Hall–Kier alpha value is -3.60. The van der Waals surface area contributed by atoms with Gasteiger partial charge in [-0.25, -0.2) is 4.98 Å². The lowest BCUT2D eigenvalue weighted by Gasteiger charge is -1.99. The van der Waals surface area contributed by atoms with Gasteiger partial charge in [0.15, 0.2) is 17.1 Å². The Morgan fingerprint density at radius 3 is 2.85 bits per heavy atom. The van der Waals surface area contributed by atoms with Gasteiger partial charge >= 0.3 is 0 Å². The van der Waals surface area contributed by atoms with Gasteiger partial charge in [0.25, 0.3) is 0 Å². The van der Waals surface area contributed by atoms with Gasteiger partial charge in [0.1, 0.15) is 5.52 Å². The molecule has 5 heteroatoms. The summed E-state index contributed by atoms with van der Waals surface area (Å²) in [5, 5.41) is 0. The first-order valence-electron chi connectivity index (χ1n) is 8.66. The van der Waals surface area contributed by atoms with Crippen LogP contribution in [-0.4, -0.2) is 18.0 Å². The van der Waals surface area contributed by atoms with Crippen LogP contribution < -0.4 is 9.47 Å². The first kappa shape index (κ1) is 15.6. The van der Waals surface area contributed by atoms with E-state index in [4.69, 9.17) is 13.9 Å². The number of aryl methyl sites for hydroxylation is 1. The standard InChI is InChI=1S/C22H16N2O3/c1-14-5-7-19-18(9-14)24-22(27-19)16-3-2-4-17(11-16)23-12-15-6-8-20-21(10-15)26-13-25-20/h2-12H,13H2,1H3. The van der Waals surface area contributed by atoms with Crippen LogP contribution in [0.25, 0.3) is 22.6 Å². The van der Waals surface area contributed by atoms with Crippen LogP contribution >= 0.6 is 0 Å². The highest BCUT2D eigenvalue weighted by atomic mass is 16.7. The van der Waals surface area contributed by atoms with Gasteiger partial charge in [-0.15, -0.1) is 0 Å². The Morgan fingerprint density at radius 1 is 0.963 bits per heavy atom. The molecule has 0 unspecified atom stereocenters. The summed E-state index contributed by atoms with van der Waals surface area (Å²) in [4.78, 5) is 9.16. The Labute approximate surface area is 155 Å². The van der Waals surface area contributed by atoms with E-state index in [9.17, 15) is 0 Å². The molecule has 0 bridgehead atoms. The van der Waals surface area contributed by atoms with Crippen LogP contribution in [-0.2, 0) is 0 Å². The first-order chi connectivity index (χ1) is 13.2. The van der Waals surface area contributed by atoms with Crippen LogP contribution in [0.4, 0.5) is 5.69 Å². The van der Waals surface area contributed by atoms with Crippen LogP contribution in [0.5, 0.6) is 11.5 Å². The largest absolute Gasteiger partial charge is 0.454 e. The van der Waals surface area contributed by atoms with Crippen molar-refractivity contribution in [2.24, 2.45) is 4.99 Å². The molecule has 0 saturated carbocycles. The number of hydrogen-bond donors (Lipinski definition) is 0. The summed E-state index contributed by atoms with van der Waals surface area (Å²) in [5.41, 5.74) is 5.46. The Kier molecular flexibility index (Phi) is 3.64. The third-order valence-electron chi connectivity index (χ3n) is 4.40. The summed E-state index contributed by atoms with van der Waals surface area (Å²) < 4.78 is 16.6. The highest BCUT2D eigenvalue weighted by Gasteiger charge is 2.12. The fourth-order valence-corrected chi connectivity index (χ4v) is 3.02. The zero-order valence-electron chi connectivity index (χ0n) is 14.7. The molecule has 0 amide bonds. The molecule has 0 saturated heterocycles. The van der Waals surface area contributed by atoms with Crippen molar-refractivity contribution >= 4 is 23.0 Å². The minimum atomic E-state index is 0.266. The van der Waals surface area contributed by atoms with Gasteiger partial charge in [0.05, 0.1) is 5.69 Å². The van der Waals surface area contributed by atoms with Crippen molar-refractivity contribution in [2.75, 3.05) is 6.79 Å². The molecule has 2 heterocycles. The zero-order valence-corrected chi connectivity index (χ0v) is 14.7. The molecule has 1 aromatic heterocycles. The second kappa shape index (κ2) is 6.29. The molecule has 0 radical (unpaired) electrons. The minimum absolute atomic E-state index is 0.266. The number of aliphatic imine (C=N–C) groups is 1. The predicted molar refractivity (Wildman–Crippen MR) is 104 cm³/mol. The highest BCUT2D eigenvalue weighted by Crippen LogP contribution is 2.32. The van der Waals surface area contributed by atoms with E-state index < -0.39 is 0 Å². The summed E-state index contributed by atoms with van der Waals surface area (Å²) in [5.74, 6) is 2.10. The Balaban J connectivity index is 1.44. The van der Waals surface area contributed by atoms with E-state index in [1.54, 1.807) is 6.21 Å². The lowest BCUT2D eigenvalue weighted by atomic mass is 10.2. The highest BCUT2D eigenvalue weighted by molar-refractivity contribution is 5.84. The molecular formula is C22H16N2O3. The molecule has 4 aromatic rings. The van der Waals surface area contributed by atoms with E-state index in [1.807, 2.05) is 67.6 Å². The second-order valence-corrected chi connectivity index (χ2v) is 6.41. The summed E-state index contributed by atoms with van der Waals surface area (Å²) in [6, 6.07) is 19.6. The molecule has 1 aliphatic heterocycles. The molecule has 5 rings (SSSR count). The molecule has 0 aliphatic carbocycles. The summed E-state index contributed by atoms with van der Waals surface area (Å²) in [6.07, 6.45) is 1.80. The summed E-state index contributed by atoms with van der Waals surface area (Å²) >= 11 is 0. The fraction of sp³-hybridized carbons (Fsp3) is 0.0909. The smallest absolute Gasteiger partial charge is 0.231 e. The molecule has 132 valence electrons. The number of benzene rings is 3. The van der Waals surface area contributed by atoms with E-state index >= 15 is 0 Å². The number of ether oxygens (including phenoxy) is 2. The van der Waals surface area contributed by atoms with E-state index in [1.165, 1.54) is 0 Å². The number of fused-ring (bicyclic) bond motifs is 2. The molecule has 0 spiro atoms. The first-order valence-corrected chi connectivity index (χ1v) is 8.66. The Bertz CT molecular complexity index is 1180. The number of nitrogens with zero attached hydrogens (tertiary/aromatic N) is 2. The van der Waals surface area contributed by atoms with Gasteiger partial charge in [-0.3, -0.25) is 4.99 Å². The topological polar surface area (TPSA) is 56.9 Å². The van der Waals surface area contributed by atoms with Crippen LogP contribution in [0.3, 0.4) is 0 Å². The lowest BCUT2D eigenvalue weighted by molar-refractivity contribution is 0.174. The van der Waals surface area contributed by atoms with Gasteiger partial charge in [0, 0.05) is 11.8 Å². The molecule has 1 aliphatic rings. The predicted octanol–water partition coefficient (Wildman–Crippen LogP) is 5.28. The average Bonchev–Trinajstić information content (AvgIpc) is 3.32. The fourth-order valence-electron chi connectivity index (χ4n) is 3.02. The van der Waals surface area contributed by atoms with Gasteiger partial charge in [-0.2, -0.15) is 0 Å². The van der Waals surface area contributed by atoms with E-state index in [0.29, 0.717) is 5.89 Å². The van der Waals surface area contributed by atoms with Crippen molar-refractivity contribution in [1.29, 1.82) is 0 Å². The van der Waals surface area contributed by atoms with E-state index in [2.05, 4.69) is 9.98 Å². The number of oxazole rings is 1. The minimum Gasteiger partial charge on any atom is -0.454 e. The normalized spacial score (nSPS) is 12.9. The van der Waals surface area contributed by atoms with Crippen molar-refractivity contribution in [3.8, 4) is 23.0 Å². The third kappa shape index (κ3) is 3.04. The zero-order chi connectivity index (χ0) is 18.2. The molecular weight excluding hydrogens is 340 g/mol. The SMILES string of the molecule is Cc1ccc2oc(-c3cccc(N=Cc4ccc5c(c4)OCO5)c3)nc2c1. The average molecular weight is 356 g/mol. The van der Waals surface area contributed by atoms with Crippen LogP contribution in [0.15, 0.2) is 70.1 Å². The number of hydrogen-bond acceptors (Lipinski definition) is 5. The lowest BCUT2D eigenvalue weighted by Crippen LogP contribution is -1.92. The van der Waals surface area contributed by atoms with Crippen molar-refractivity contribution in [3.63, 3.8) is 0 Å². The third-order valence-corrected chi connectivity index (χ3v) is 4.40. The number of rotatable bonds is 3. The van der Waals surface area contributed by atoms with Crippen LogP contribution in [0.2, 0.25) is 0 Å². The van der Waals surface area contributed by atoms with E-state index in [-0.39, 0.29) is 6.79 Å². The molecule has 0 N–H and O–H groups in total. The van der Waals surface area contributed by atoms with Crippen molar-refractivity contribution in [3.05, 3.63) is 71.8 Å². The van der Waals surface area contributed by atoms with Crippen molar-refractivity contribution < 1.29 is 13.9 Å². The maximum absolute atomic E-state index is 5.88. The molecule has 0 fully saturated rings. The molecule has 0 atom stereocenters. The molecule has 5 nitrogen and oxygen atoms in total. The van der Waals surface area contributed by atoms with Gasteiger partial charge in [-0.05, 0) is 66.6 Å². The number of aromatic nitrogens is 1. The maximum Gasteiger partial charge on any atom is 0.231 e. The van der Waals surface area contributed by atoms with Gasteiger partial charge in [-0.1, -0.05) is 12.1 Å². The molecule has 27 heavy (non-hydrogen) atoms. The molecule has 3 aromatic carbocycles. The summed E-state index contributed by atoms with van der Waals surface area (Å²) in [7, 11) is 0. The van der Waals surface area contributed by atoms with Gasteiger partial charge < -0.3 is 13.9 Å². The van der Waals surface area contributed by atoms with Crippen LogP contribution in [0.1, 0.15) is 11.1 Å².